The molecule has 15 nitrogen and oxygen atoms in total. The third kappa shape index (κ3) is 20.6. The molecule has 0 aromatic carbocycles. The molecule has 3 aromatic rings. The minimum atomic E-state index is -0.444. The maximum atomic E-state index is 11.1. The molecule has 0 fully saturated rings. The third-order valence-electron chi connectivity index (χ3n) is 3.39. The number of hydrogen-bond acceptors (Lipinski definition) is 15. The van der Waals surface area contributed by atoms with Crippen LogP contribution in [0.2, 0.25) is 0 Å². The van der Waals surface area contributed by atoms with E-state index in [9.17, 15) is 14.4 Å². The first-order valence-corrected chi connectivity index (χ1v) is 10.8. The van der Waals surface area contributed by atoms with Gasteiger partial charge in [0, 0.05) is 6.42 Å². The van der Waals surface area contributed by atoms with Crippen LogP contribution >= 0.6 is 0 Å². The average Bonchev–Trinajstić information content (AvgIpc) is 3.73. The van der Waals surface area contributed by atoms with Crippen LogP contribution in [0.4, 0.5) is 0 Å². The minimum absolute atomic E-state index is 0.234. The van der Waals surface area contributed by atoms with Crippen LogP contribution in [0.25, 0.3) is 0 Å². The highest BCUT2D eigenvalue weighted by Gasteiger charge is 2.10. The molecule has 3 aromatic heterocycles. The largest absolute Gasteiger partial charge is 0.463 e. The highest BCUT2D eigenvalue weighted by atomic mass is 16.6. The first-order valence-electron chi connectivity index (χ1n) is 10.8. The van der Waals surface area contributed by atoms with Crippen LogP contribution in [0.1, 0.15) is 58.2 Å². The molecule has 40 heavy (non-hydrogen) atoms. The van der Waals surface area contributed by atoms with Gasteiger partial charge in [0.05, 0.1) is 32.8 Å². The van der Waals surface area contributed by atoms with Gasteiger partial charge >= 0.3 is 36.4 Å². The number of rotatable bonds is 6. The summed E-state index contributed by atoms with van der Waals surface area (Å²) >= 11 is 0. The molecular weight excluding hydrogens is 540 g/mol. The zero-order valence-electron chi connectivity index (χ0n) is 21.9. The van der Waals surface area contributed by atoms with Gasteiger partial charge in [0.25, 0.3) is 0 Å². The van der Waals surface area contributed by atoms with E-state index in [1.54, 1.807) is 50.2 Å². The lowest BCUT2D eigenvalue weighted by Crippen LogP contribution is -2.02. The van der Waals surface area contributed by atoms with Crippen molar-refractivity contribution in [2.45, 2.75) is 27.2 Å². The topological polar surface area (TPSA) is 221 Å². The van der Waals surface area contributed by atoms with Gasteiger partial charge in [-0.05, 0) is 50.2 Å². The summed E-state index contributed by atoms with van der Waals surface area (Å²) in [6.45, 7) is 6.23. The summed E-state index contributed by atoms with van der Waals surface area (Å²) in [6.07, 6.45) is 4.40. The Labute approximate surface area is 226 Å². The number of esters is 3. The van der Waals surface area contributed by atoms with Crippen LogP contribution in [0, 0.1) is 0 Å². The van der Waals surface area contributed by atoms with Crippen molar-refractivity contribution in [2.75, 3.05) is 20.3 Å². The molecule has 0 atom stereocenters. The second kappa shape index (κ2) is 28.0. The van der Waals surface area contributed by atoms with E-state index in [-0.39, 0.29) is 35.7 Å². The van der Waals surface area contributed by atoms with Gasteiger partial charge in [-0.15, -0.1) is 0 Å². The smallest absolute Gasteiger partial charge is 0.374 e. The number of carbonyl (C=O) groups excluding carboxylic acids is 9. The van der Waals surface area contributed by atoms with Crippen LogP contribution in [0.15, 0.2) is 62.2 Å². The van der Waals surface area contributed by atoms with Crippen LogP contribution in [0.3, 0.4) is 0 Å². The summed E-state index contributed by atoms with van der Waals surface area (Å²) < 4.78 is 28.4. The Morgan fingerprint density at radius 1 is 0.650 bits per heavy atom. The third-order valence-corrected chi connectivity index (χ3v) is 3.39. The average molecular weight is 566 g/mol. The van der Waals surface area contributed by atoms with Crippen LogP contribution < -0.4 is 0 Å². The summed E-state index contributed by atoms with van der Waals surface area (Å²) in [6, 6.07) is 9.81. The van der Waals surface area contributed by atoms with E-state index in [2.05, 4.69) is 9.47 Å². The van der Waals surface area contributed by atoms with E-state index in [0.717, 1.165) is 12.2 Å². The van der Waals surface area contributed by atoms with Crippen molar-refractivity contribution in [2.24, 2.45) is 0 Å². The quantitative estimate of drug-likeness (QED) is 0.309. The number of ether oxygens (including phenoxy) is 3. The molecule has 0 aliphatic carbocycles. The number of methoxy groups -OCH3 is 1. The Balaban J connectivity index is -0.000000449. The zero-order chi connectivity index (χ0) is 31.2. The maximum absolute atomic E-state index is 11.1. The van der Waals surface area contributed by atoms with Crippen molar-refractivity contribution in [1.82, 2.24) is 0 Å². The monoisotopic (exact) mass is 566 g/mol. The van der Waals surface area contributed by atoms with Crippen LogP contribution in [-0.4, -0.2) is 56.7 Å². The molecule has 0 saturated carbocycles. The van der Waals surface area contributed by atoms with Crippen molar-refractivity contribution in [3.63, 3.8) is 0 Å². The number of carbonyl (C=O) groups is 3. The Kier molecular flexibility index (Phi) is 27.2. The first-order chi connectivity index (χ1) is 19.2. The Morgan fingerprint density at radius 3 is 1.35 bits per heavy atom. The molecule has 216 valence electrons. The van der Waals surface area contributed by atoms with Crippen molar-refractivity contribution < 1.29 is 70.6 Å². The predicted octanol–water partition coefficient (Wildman–Crippen LogP) is 2.79. The van der Waals surface area contributed by atoms with E-state index in [1.165, 1.54) is 19.6 Å². The van der Waals surface area contributed by atoms with Crippen molar-refractivity contribution >= 4 is 36.4 Å². The normalized spacial score (nSPS) is 7.90. The van der Waals surface area contributed by atoms with E-state index in [4.69, 9.17) is 46.8 Å². The van der Waals surface area contributed by atoms with E-state index >= 15 is 0 Å². The minimum Gasteiger partial charge on any atom is -0.463 e. The summed E-state index contributed by atoms with van der Waals surface area (Å²) in [5.74, 6) is 0.329. The molecule has 0 aliphatic heterocycles. The van der Waals surface area contributed by atoms with Gasteiger partial charge in [-0.1, -0.05) is 6.92 Å². The molecule has 0 unspecified atom stereocenters. The van der Waals surface area contributed by atoms with Gasteiger partial charge in [0.1, 0.15) is 5.76 Å². The summed E-state index contributed by atoms with van der Waals surface area (Å²) in [4.78, 5) is 81.2. The molecule has 3 rings (SSSR count). The lowest BCUT2D eigenvalue weighted by atomic mass is 10.3. The maximum Gasteiger partial charge on any atom is 0.374 e. The standard InChI is InChI=1S/C9H12O3.C7H8O3.C6H6O3.3CO2/c1-3-7-5-6-8(12-7)9(10)11-4-2;1-2-9-7(8)6-4-3-5-10-6;1-8-6(7)5-3-2-4-9-5;3*2-1-3/h5-6H,3-4H2,1-2H3;3-5H,2H2,1H3;2-4H,1H3;;;. The van der Waals surface area contributed by atoms with Crippen molar-refractivity contribution in [3.05, 3.63) is 72.0 Å². The zero-order valence-corrected chi connectivity index (χ0v) is 21.9. The van der Waals surface area contributed by atoms with Crippen molar-refractivity contribution in [1.29, 1.82) is 0 Å². The highest BCUT2D eigenvalue weighted by Crippen LogP contribution is 2.09. The van der Waals surface area contributed by atoms with E-state index < -0.39 is 17.9 Å². The Morgan fingerprint density at radius 2 is 1.05 bits per heavy atom. The first kappa shape index (κ1) is 38.9. The van der Waals surface area contributed by atoms with Crippen molar-refractivity contribution in [3.8, 4) is 0 Å². The van der Waals surface area contributed by atoms with E-state index in [1.807, 2.05) is 6.92 Å². The van der Waals surface area contributed by atoms with Crippen LogP contribution in [-0.2, 0) is 49.4 Å². The predicted molar refractivity (Wildman–Crippen MR) is 124 cm³/mol. The fourth-order valence-electron chi connectivity index (χ4n) is 1.97. The highest BCUT2D eigenvalue weighted by molar-refractivity contribution is 5.86. The lowest BCUT2D eigenvalue weighted by Gasteiger charge is -1.96. The fourth-order valence-corrected chi connectivity index (χ4v) is 1.97. The number of hydrogen-bond donors (Lipinski definition) is 0. The van der Waals surface area contributed by atoms with Gasteiger partial charge in [-0.25, -0.2) is 14.4 Å². The summed E-state index contributed by atoms with van der Waals surface area (Å²) in [5.41, 5.74) is 0. The molecule has 0 amide bonds. The Hall–Kier alpha value is -5.61. The second-order valence-electron chi connectivity index (χ2n) is 5.76. The molecule has 15 heteroatoms. The number of aryl methyl sites for hydroxylation is 1. The molecule has 0 N–H and O–H groups in total. The van der Waals surface area contributed by atoms with E-state index in [0.29, 0.717) is 13.2 Å². The van der Waals surface area contributed by atoms with Gasteiger partial charge in [0.2, 0.25) is 17.3 Å². The molecule has 0 aliphatic rings. The van der Waals surface area contributed by atoms with Gasteiger partial charge in [-0.3, -0.25) is 0 Å². The van der Waals surface area contributed by atoms with Gasteiger partial charge < -0.3 is 27.5 Å². The van der Waals surface area contributed by atoms with Crippen LogP contribution in [0.5, 0.6) is 0 Å². The molecule has 0 spiro atoms. The lowest BCUT2D eigenvalue weighted by molar-refractivity contribution is -0.193. The number of furan rings is 3. The SMILES string of the molecule is CCOC(=O)c1ccc(CC)o1.CCOC(=O)c1ccco1.COC(=O)c1ccco1.O=C=O.O=C=O.O=C=O. The fraction of sp³-hybridized carbons (Fsp3) is 0.280. The molecule has 3 heterocycles. The van der Waals surface area contributed by atoms with Gasteiger partial charge in [-0.2, -0.15) is 28.8 Å². The second-order valence-corrected chi connectivity index (χ2v) is 5.76. The molecule has 0 radical (unpaired) electrons. The molecule has 0 saturated heterocycles. The molecule has 0 bridgehead atoms. The summed E-state index contributed by atoms with van der Waals surface area (Å²) in [7, 11) is 1.31. The van der Waals surface area contributed by atoms with Gasteiger partial charge in [0.15, 0.2) is 0 Å². The summed E-state index contributed by atoms with van der Waals surface area (Å²) in [5, 5.41) is 0. The molecular formula is C25H26O15. The Bertz CT molecular complexity index is 1120.